The van der Waals surface area contributed by atoms with Gasteiger partial charge in [0, 0.05) is 11.1 Å². The summed E-state index contributed by atoms with van der Waals surface area (Å²) in [5.74, 6) is 1.80. The number of unbranched alkanes of at least 4 members (excludes halogenated alkanes) is 6. The lowest BCUT2D eigenvalue weighted by Crippen LogP contribution is -1.90. The molecule has 24 heavy (non-hydrogen) atoms. The average molecular weight is 460 g/mol. The first-order valence-corrected chi connectivity index (χ1v) is 10.8. The SMILES string of the molecule is CCCCCCc1cc(Br)oc1-c1oc(Br)cc1CCCCCC. The van der Waals surface area contributed by atoms with Gasteiger partial charge in [-0.15, -0.1) is 0 Å². The predicted octanol–water partition coefficient (Wildman–Crippen LogP) is 8.31. The molecule has 0 bridgehead atoms. The van der Waals surface area contributed by atoms with Crippen molar-refractivity contribution in [2.75, 3.05) is 0 Å². The van der Waals surface area contributed by atoms with Gasteiger partial charge in [-0.05, 0) is 69.7 Å². The molecule has 2 aromatic heterocycles. The molecule has 0 radical (unpaired) electrons. The van der Waals surface area contributed by atoms with Gasteiger partial charge in [0.15, 0.2) is 20.9 Å². The maximum atomic E-state index is 5.94. The van der Waals surface area contributed by atoms with Gasteiger partial charge in [0.25, 0.3) is 0 Å². The fraction of sp³-hybridized carbons (Fsp3) is 0.600. The van der Waals surface area contributed by atoms with Crippen LogP contribution in [-0.2, 0) is 12.8 Å². The maximum Gasteiger partial charge on any atom is 0.174 e. The first-order valence-electron chi connectivity index (χ1n) is 9.22. The van der Waals surface area contributed by atoms with E-state index in [9.17, 15) is 0 Å². The number of halogens is 2. The molecule has 2 rings (SSSR count). The van der Waals surface area contributed by atoms with Crippen molar-refractivity contribution in [2.45, 2.75) is 78.1 Å². The minimum atomic E-state index is 0.785. The Labute approximate surface area is 162 Å². The van der Waals surface area contributed by atoms with E-state index in [1.165, 1.54) is 62.5 Å². The van der Waals surface area contributed by atoms with Gasteiger partial charge in [0.2, 0.25) is 0 Å². The molecule has 0 aliphatic rings. The van der Waals surface area contributed by atoms with Crippen LogP contribution >= 0.6 is 31.9 Å². The lowest BCUT2D eigenvalue weighted by molar-refractivity contribution is 0.495. The minimum Gasteiger partial charge on any atom is -0.446 e. The van der Waals surface area contributed by atoms with Crippen LogP contribution in [0.3, 0.4) is 0 Å². The molecule has 0 aliphatic heterocycles. The molecule has 2 heterocycles. The Hall–Kier alpha value is -0.480. The van der Waals surface area contributed by atoms with Gasteiger partial charge >= 0.3 is 0 Å². The number of hydrogen-bond donors (Lipinski definition) is 0. The Bertz CT molecular complexity index is 559. The van der Waals surface area contributed by atoms with Crippen molar-refractivity contribution in [1.82, 2.24) is 0 Å². The highest BCUT2D eigenvalue weighted by Crippen LogP contribution is 2.37. The Morgan fingerprint density at radius 2 is 1.08 bits per heavy atom. The van der Waals surface area contributed by atoms with Crippen molar-refractivity contribution in [3.8, 4) is 11.5 Å². The smallest absolute Gasteiger partial charge is 0.174 e. The van der Waals surface area contributed by atoms with Crippen LogP contribution < -0.4 is 0 Å². The van der Waals surface area contributed by atoms with E-state index >= 15 is 0 Å². The van der Waals surface area contributed by atoms with Crippen LogP contribution in [-0.4, -0.2) is 0 Å². The van der Waals surface area contributed by atoms with Crippen LogP contribution in [0.15, 0.2) is 30.3 Å². The highest BCUT2D eigenvalue weighted by atomic mass is 79.9. The molecule has 134 valence electrons. The van der Waals surface area contributed by atoms with Crippen LogP contribution in [0, 0.1) is 0 Å². The lowest BCUT2D eigenvalue weighted by atomic mass is 10.0. The number of hydrogen-bond acceptors (Lipinski definition) is 2. The van der Waals surface area contributed by atoms with Crippen LogP contribution in [0.4, 0.5) is 0 Å². The van der Waals surface area contributed by atoms with Crippen molar-refractivity contribution in [3.05, 3.63) is 32.6 Å². The summed E-state index contributed by atoms with van der Waals surface area (Å²) < 4.78 is 13.5. The monoisotopic (exact) mass is 458 g/mol. The maximum absolute atomic E-state index is 5.94. The highest BCUT2D eigenvalue weighted by molar-refractivity contribution is 9.10. The number of furan rings is 2. The Morgan fingerprint density at radius 3 is 1.46 bits per heavy atom. The largest absolute Gasteiger partial charge is 0.446 e. The fourth-order valence-corrected chi connectivity index (χ4v) is 3.91. The molecule has 0 N–H and O–H groups in total. The summed E-state index contributed by atoms with van der Waals surface area (Å²) in [6.07, 6.45) is 12.1. The normalized spacial score (nSPS) is 11.3. The topological polar surface area (TPSA) is 26.3 Å². The Kier molecular flexibility index (Phi) is 8.68. The quantitative estimate of drug-likeness (QED) is 0.315. The molecule has 2 aromatic rings. The Balaban J connectivity index is 2.12. The van der Waals surface area contributed by atoms with Crippen molar-refractivity contribution >= 4 is 31.9 Å². The fourth-order valence-electron chi connectivity index (χ4n) is 3.03. The zero-order valence-corrected chi connectivity index (χ0v) is 18.0. The third-order valence-corrected chi connectivity index (χ3v) is 5.14. The van der Waals surface area contributed by atoms with Gasteiger partial charge in [-0.2, -0.15) is 0 Å². The van der Waals surface area contributed by atoms with Crippen molar-refractivity contribution in [2.24, 2.45) is 0 Å². The Morgan fingerprint density at radius 1 is 0.667 bits per heavy atom. The van der Waals surface area contributed by atoms with E-state index in [2.05, 4.69) is 57.8 Å². The third kappa shape index (κ3) is 5.80. The van der Waals surface area contributed by atoms with Gasteiger partial charge in [0.05, 0.1) is 0 Å². The molecule has 0 aliphatic carbocycles. The summed E-state index contributed by atoms with van der Waals surface area (Å²) in [4.78, 5) is 0. The van der Waals surface area contributed by atoms with Crippen molar-refractivity contribution in [1.29, 1.82) is 0 Å². The summed E-state index contributed by atoms with van der Waals surface area (Å²) >= 11 is 6.97. The molecule has 0 atom stereocenters. The van der Waals surface area contributed by atoms with E-state index in [0.717, 1.165) is 33.7 Å². The second-order valence-corrected chi connectivity index (χ2v) is 7.99. The van der Waals surface area contributed by atoms with E-state index < -0.39 is 0 Å². The summed E-state index contributed by atoms with van der Waals surface area (Å²) in [6, 6.07) is 4.19. The molecule has 0 spiro atoms. The molecular weight excluding hydrogens is 432 g/mol. The first kappa shape index (κ1) is 19.8. The van der Waals surface area contributed by atoms with E-state index in [1.54, 1.807) is 0 Å². The predicted molar refractivity (Wildman–Crippen MR) is 108 cm³/mol. The molecule has 0 amide bonds. The van der Waals surface area contributed by atoms with Crippen molar-refractivity contribution in [3.63, 3.8) is 0 Å². The number of aryl methyl sites for hydroxylation is 2. The van der Waals surface area contributed by atoms with E-state index in [1.807, 2.05) is 0 Å². The van der Waals surface area contributed by atoms with Gasteiger partial charge in [0.1, 0.15) is 0 Å². The summed E-state index contributed by atoms with van der Waals surface area (Å²) in [7, 11) is 0. The molecule has 0 saturated heterocycles. The molecule has 0 unspecified atom stereocenters. The van der Waals surface area contributed by atoms with Crippen LogP contribution in [0.5, 0.6) is 0 Å². The van der Waals surface area contributed by atoms with Crippen LogP contribution in [0.1, 0.15) is 76.3 Å². The molecule has 0 aromatic carbocycles. The van der Waals surface area contributed by atoms with Crippen molar-refractivity contribution < 1.29 is 8.83 Å². The summed E-state index contributed by atoms with van der Waals surface area (Å²) in [5, 5.41) is 0. The van der Waals surface area contributed by atoms with Gasteiger partial charge in [-0.3, -0.25) is 0 Å². The molecule has 0 fully saturated rings. The summed E-state index contributed by atoms with van der Waals surface area (Å²) in [5.41, 5.74) is 2.49. The second-order valence-electron chi connectivity index (χ2n) is 6.43. The highest BCUT2D eigenvalue weighted by Gasteiger charge is 2.20. The molecule has 2 nitrogen and oxygen atoms in total. The number of rotatable bonds is 11. The molecule has 4 heteroatoms. The second kappa shape index (κ2) is 10.5. The van der Waals surface area contributed by atoms with Gasteiger partial charge < -0.3 is 8.83 Å². The van der Waals surface area contributed by atoms with Gasteiger partial charge in [-0.1, -0.05) is 52.4 Å². The third-order valence-electron chi connectivity index (χ3n) is 4.36. The van der Waals surface area contributed by atoms with Crippen LogP contribution in [0.2, 0.25) is 0 Å². The van der Waals surface area contributed by atoms with E-state index in [-0.39, 0.29) is 0 Å². The van der Waals surface area contributed by atoms with Crippen LogP contribution in [0.25, 0.3) is 11.5 Å². The van der Waals surface area contributed by atoms with E-state index in [4.69, 9.17) is 8.83 Å². The lowest BCUT2D eigenvalue weighted by Gasteiger charge is -2.04. The van der Waals surface area contributed by atoms with E-state index in [0.29, 0.717) is 0 Å². The zero-order chi connectivity index (χ0) is 17.4. The molecule has 0 saturated carbocycles. The first-order chi connectivity index (χ1) is 11.7. The summed E-state index contributed by atoms with van der Waals surface area (Å²) in [6.45, 7) is 4.48. The average Bonchev–Trinajstić information content (AvgIpc) is 3.10. The standard InChI is InChI=1S/C20H28Br2O2/c1-3-5-7-9-11-15-13-17(21)23-19(15)20-16(14-18(22)24-20)12-10-8-6-4-2/h13-14H,3-12H2,1-2H3. The zero-order valence-electron chi connectivity index (χ0n) is 14.8. The molecular formula is C20H28Br2O2. The van der Waals surface area contributed by atoms with Gasteiger partial charge in [-0.25, -0.2) is 0 Å². The minimum absolute atomic E-state index is 0.785.